The molecule has 1 heterocycles. The number of para-hydroxylation sites is 1. The van der Waals surface area contributed by atoms with Crippen molar-refractivity contribution in [2.75, 3.05) is 13.1 Å². The van der Waals surface area contributed by atoms with Crippen LogP contribution >= 0.6 is 12.4 Å². The van der Waals surface area contributed by atoms with Gasteiger partial charge in [-0.2, -0.15) is 4.31 Å². The summed E-state index contributed by atoms with van der Waals surface area (Å²) >= 11 is 0. The Morgan fingerprint density at radius 2 is 1.73 bits per heavy atom. The van der Waals surface area contributed by atoms with E-state index in [1.807, 2.05) is 6.07 Å². The van der Waals surface area contributed by atoms with E-state index in [1.165, 1.54) is 18.2 Å². The second-order valence-electron chi connectivity index (χ2n) is 5.60. The van der Waals surface area contributed by atoms with Gasteiger partial charge in [0.15, 0.2) is 4.90 Å². The molecule has 8 nitrogen and oxygen atoms in total. The van der Waals surface area contributed by atoms with Gasteiger partial charge in [-0.25, -0.2) is 8.42 Å². The predicted molar refractivity (Wildman–Crippen MR) is 97.4 cm³/mol. The number of rotatable bonds is 4. The summed E-state index contributed by atoms with van der Waals surface area (Å²) in [7, 11) is -4.23. The number of nitro groups is 1. The Hall–Kier alpha value is -2.04. The van der Waals surface area contributed by atoms with Crippen LogP contribution in [0.5, 0.6) is 0 Å². The lowest BCUT2D eigenvalue weighted by atomic mass is 10.0. The Kier molecular flexibility index (Phi) is 6.32. The van der Waals surface area contributed by atoms with E-state index in [4.69, 9.17) is 0 Å². The van der Waals surface area contributed by atoms with Gasteiger partial charge in [0.25, 0.3) is 15.7 Å². The average molecular weight is 400 g/mol. The van der Waals surface area contributed by atoms with Crippen molar-refractivity contribution in [3.8, 4) is 0 Å². The van der Waals surface area contributed by atoms with E-state index in [0.717, 1.165) is 15.9 Å². The number of piperazine rings is 1. The first kappa shape index (κ1) is 20.3. The van der Waals surface area contributed by atoms with Gasteiger partial charge in [0.1, 0.15) is 6.23 Å². The summed E-state index contributed by atoms with van der Waals surface area (Å²) in [6.07, 6.45) is -1.37. The Labute approximate surface area is 157 Å². The largest absolute Gasteiger partial charge is 0.375 e. The third-order valence-corrected chi connectivity index (χ3v) is 6.01. The van der Waals surface area contributed by atoms with E-state index >= 15 is 0 Å². The molecule has 0 radical (unpaired) electrons. The molecule has 2 aromatic carbocycles. The van der Waals surface area contributed by atoms with Crippen LogP contribution < -0.4 is 5.32 Å². The van der Waals surface area contributed by atoms with E-state index in [2.05, 4.69) is 5.32 Å². The summed E-state index contributed by atoms with van der Waals surface area (Å²) in [6, 6.07) is 13.5. The second-order valence-corrected chi connectivity index (χ2v) is 7.46. The van der Waals surface area contributed by atoms with Crippen molar-refractivity contribution in [2.45, 2.75) is 17.2 Å². The maximum atomic E-state index is 12.9. The molecule has 1 fully saturated rings. The van der Waals surface area contributed by atoms with E-state index in [0.29, 0.717) is 6.54 Å². The van der Waals surface area contributed by atoms with Crippen LogP contribution in [-0.2, 0) is 10.0 Å². The van der Waals surface area contributed by atoms with Crippen molar-refractivity contribution in [3.05, 3.63) is 70.3 Å². The van der Waals surface area contributed by atoms with Gasteiger partial charge in [0.2, 0.25) is 0 Å². The van der Waals surface area contributed by atoms with Gasteiger partial charge in [0.05, 0.1) is 11.0 Å². The lowest BCUT2D eigenvalue weighted by Gasteiger charge is -2.37. The molecular formula is C16H18ClN3O5S. The van der Waals surface area contributed by atoms with Crippen molar-refractivity contribution in [1.29, 1.82) is 0 Å². The third kappa shape index (κ3) is 3.71. The van der Waals surface area contributed by atoms with Gasteiger partial charge in [-0.05, 0) is 11.6 Å². The topological polar surface area (TPSA) is 113 Å². The Morgan fingerprint density at radius 3 is 2.38 bits per heavy atom. The molecule has 0 saturated carbocycles. The first-order valence-electron chi connectivity index (χ1n) is 7.64. The summed E-state index contributed by atoms with van der Waals surface area (Å²) < 4.78 is 26.8. The average Bonchev–Trinajstić information content (AvgIpc) is 2.62. The predicted octanol–water partition coefficient (Wildman–Crippen LogP) is 1.67. The molecule has 2 atom stereocenters. The number of hydrogen-bond donors (Lipinski definition) is 2. The first-order chi connectivity index (χ1) is 11.9. The highest BCUT2D eigenvalue weighted by atomic mass is 35.5. The minimum atomic E-state index is -4.23. The molecule has 2 aromatic rings. The van der Waals surface area contributed by atoms with E-state index < -0.39 is 37.8 Å². The molecule has 26 heavy (non-hydrogen) atoms. The molecule has 0 bridgehead atoms. The number of nitrogens with one attached hydrogen (secondary N) is 1. The fraction of sp³-hybridized carbons (Fsp3) is 0.250. The molecule has 0 aliphatic carbocycles. The molecule has 2 N–H and O–H groups in total. The summed E-state index contributed by atoms with van der Waals surface area (Å²) in [5, 5.41) is 24.9. The normalized spacial score (nSPS) is 21.0. The van der Waals surface area contributed by atoms with Crippen molar-refractivity contribution in [1.82, 2.24) is 9.62 Å². The number of aliphatic hydroxyl groups excluding tert-OH is 1. The molecule has 3 rings (SSSR count). The molecule has 140 valence electrons. The number of halogens is 1. The zero-order valence-electron chi connectivity index (χ0n) is 13.6. The maximum Gasteiger partial charge on any atom is 0.289 e. The van der Waals surface area contributed by atoms with Crippen LogP contribution in [-0.4, -0.2) is 42.1 Å². The van der Waals surface area contributed by atoms with Crippen LogP contribution in [0.15, 0.2) is 59.5 Å². The van der Waals surface area contributed by atoms with Crippen LogP contribution in [0.3, 0.4) is 0 Å². The van der Waals surface area contributed by atoms with Gasteiger partial charge >= 0.3 is 0 Å². The summed E-state index contributed by atoms with van der Waals surface area (Å²) in [4.78, 5) is 10.0. The molecule has 2 unspecified atom stereocenters. The van der Waals surface area contributed by atoms with Gasteiger partial charge in [-0.15, -0.1) is 12.4 Å². The minimum absolute atomic E-state index is 0. The summed E-state index contributed by atoms with van der Waals surface area (Å²) in [5.74, 6) is 0. The zero-order valence-corrected chi connectivity index (χ0v) is 15.2. The maximum absolute atomic E-state index is 12.9. The number of hydrogen-bond acceptors (Lipinski definition) is 6. The second kappa shape index (κ2) is 8.11. The summed E-state index contributed by atoms with van der Waals surface area (Å²) in [6.45, 7) is 0.329. The lowest BCUT2D eigenvalue weighted by Crippen LogP contribution is -2.55. The number of sulfonamides is 1. The van der Waals surface area contributed by atoms with Crippen LogP contribution in [0.4, 0.5) is 5.69 Å². The smallest absolute Gasteiger partial charge is 0.289 e. The molecule has 0 aromatic heterocycles. The van der Waals surface area contributed by atoms with Gasteiger partial charge in [-0.1, -0.05) is 42.5 Å². The van der Waals surface area contributed by atoms with E-state index in [1.54, 1.807) is 24.3 Å². The van der Waals surface area contributed by atoms with Gasteiger partial charge in [-0.3, -0.25) is 10.1 Å². The van der Waals surface area contributed by atoms with Crippen molar-refractivity contribution < 1.29 is 18.4 Å². The molecule has 1 saturated heterocycles. The molecular weight excluding hydrogens is 382 g/mol. The molecule has 10 heteroatoms. The van der Waals surface area contributed by atoms with E-state index in [-0.39, 0.29) is 19.0 Å². The Morgan fingerprint density at radius 1 is 1.12 bits per heavy atom. The van der Waals surface area contributed by atoms with Crippen molar-refractivity contribution in [3.63, 3.8) is 0 Å². The number of nitrogens with zero attached hydrogens (tertiary/aromatic N) is 2. The monoisotopic (exact) mass is 399 g/mol. The van der Waals surface area contributed by atoms with Crippen molar-refractivity contribution >= 4 is 28.1 Å². The fourth-order valence-corrected chi connectivity index (χ4v) is 4.55. The van der Waals surface area contributed by atoms with E-state index in [9.17, 15) is 23.6 Å². The lowest BCUT2D eigenvalue weighted by molar-refractivity contribution is -0.387. The highest BCUT2D eigenvalue weighted by molar-refractivity contribution is 7.89. The van der Waals surface area contributed by atoms with Crippen LogP contribution in [0.25, 0.3) is 0 Å². The van der Waals surface area contributed by atoms with Crippen LogP contribution in [0.2, 0.25) is 0 Å². The van der Waals surface area contributed by atoms with Gasteiger partial charge < -0.3 is 10.4 Å². The Bertz CT molecular complexity index is 878. The standard InChI is InChI=1S/C16H17N3O5S.ClH/c20-16-15(12-6-2-1-3-7-12)17-10-11-18(16)25(23,24)14-9-5-4-8-13(14)19(21)22;/h1-9,15-17,20H,10-11H2;1H. The fourth-order valence-electron chi connectivity index (χ4n) is 2.90. The number of nitro benzene ring substituents is 1. The highest BCUT2D eigenvalue weighted by Gasteiger charge is 2.40. The van der Waals surface area contributed by atoms with Crippen LogP contribution in [0, 0.1) is 10.1 Å². The van der Waals surface area contributed by atoms with Crippen LogP contribution in [0.1, 0.15) is 11.6 Å². The highest BCUT2D eigenvalue weighted by Crippen LogP contribution is 2.31. The molecule has 0 spiro atoms. The number of aliphatic hydroxyl groups is 1. The minimum Gasteiger partial charge on any atom is -0.375 e. The molecule has 1 aliphatic heterocycles. The SMILES string of the molecule is Cl.O=[N+]([O-])c1ccccc1S(=O)(=O)N1CCNC(c2ccccc2)C1O. The summed E-state index contributed by atoms with van der Waals surface area (Å²) in [5.41, 5.74) is 0.224. The third-order valence-electron chi connectivity index (χ3n) is 4.10. The molecule has 1 aliphatic rings. The van der Waals surface area contributed by atoms with Crippen molar-refractivity contribution in [2.24, 2.45) is 0 Å². The van der Waals surface area contributed by atoms with Gasteiger partial charge in [0, 0.05) is 19.2 Å². The number of benzene rings is 2. The zero-order chi connectivity index (χ0) is 18.0. The molecule has 0 amide bonds. The Balaban J connectivity index is 0.00000243. The first-order valence-corrected chi connectivity index (χ1v) is 9.08. The quantitative estimate of drug-likeness (QED) is 0.597.